The van der Waals surface area contributed by atoms with Crippen LogP contribution in [0.2, 0.25) is 0 Å². The molecule has 1 fully saturated rings. The number of thiazole rings is 1. The van der Waals surface area contributed by atoms with Crippen molar-refractivity contribution in [3.8, 4) is 5.75 Å². The number of aliphatic hydroxyl groups is 1. The average Bonchev–Trinajstić information content (AvgIpc) is 3.08. The maximum Gasteiger partial charge on any atom is 0.314 e. The molecule has 1 aromatic carbocycles. The van der Waals surface area contributed by atoms with Crippen LogP contribution in [0.1, 0.15) is 22.7 Å². The Labute approximate surface area is 167 Å². The van der Waals surface area contributed by atoms with E-state index in [-0.39, 0.29) is 31.7 Å². The van der Waals surface area contributed by atoms with Gasteiger partial charge >= 0.3 is 5.97 Å². The topological polar surface area (TPSA) is 100.0 Å². The van der Waals surface area contributed by atoms with Gasteiger partial charge in [0.2, 0.25) is 5.91 Å². The smallest absolute Gasteiger partial charge is 0.314 e. The molecule has 1 aromatic heterocycles. The zero-order chi connectivity index (χ0) is 20.3. The number of piperidine rings is 1. The molecule has 28 heavy (non-hydrogen) atoms. The number of aliphatic hydroxyl groups excluding tert-OH is 1. The monoisotopic (exact) mass is 404 g/mol. The molecular weight excluding hydrogens is 380 g/mol. The van der Waals surface area contributed by atoms with Crippen LogP contribution in [0.15, 0.2) is 29.6 Å². The van der Waals surface area contributed by atoms with Crippen LogP contribution in [0.5, 0.6) is 5.75 Å². The Bertz CT molecular complexity index is 868. The first-order valence-corrected chi connectivity index (χ1v) is 9.95. The molecule has 3 rings (SSSR count). The van der Waals surface area contributed by atoms with Crippen LogP contribution in [0.3, 0.4) is 0 Å². The summed E-state index contributed by atoms with van der Waals surface area (Å²) in [6.45, 7) is 2.17. The van der Waals surface area contributed by atoms with Gasteiger partial charge in [-0.15, -0.1) is 11.3 Å². The number of aryl methyl sites for hydroxylation is 1. The quantitative estimate of drug-likeness (QED) is 0.763. The Kier molecular flexibility index (Phi) is 6.00. The van der Waals surface area contributed by atoms with E-state index in [1.807, 2.05) is 12.3 Å². The average molecular weight is 404 g/mol. The minimum absolute atomic E-state index is 0.0390. The van der Waals surface area contributed by atoms with Crippen molar-refractivity contribution in [2.45, 2.75) is 32.3 Å². The number of nitrogens with zero attached hydrogens (tertiary/aromatic N) is 2. The fourth-order valence-electron chi connectivity index (χ4n) is 3.65. The van der Waals surface area contributed by atoms with Crippen molar-refractivity contribution in [3.63, 3.8) is 0 Å². The number of carboxylic acid groups (broad SMARTS) is 1. The molecule has 0 aliphatic carbocycles. The van der Waals surface area contributed by atoms with Crippen molar-refractivity contribution >= 4 is 23.2 Å². The fraction of sp³-hybridized carbons (Fsp3) is 0.450. The summed E-state index contributed by atoms with van der Waals surface area (Å²) in [7, 11) is 1.54. The summed E-state index contributed by atoms with van der Waals surface area (Å²) in [5, 5.41) is 23.3. The third-order valence-corrected chi connectivity index (χ3v) is 6.04. The molecule has 0 saturated carbocycles. The van der Waals surface area contributed by atoms with Gasteiger partial charge in [0, 0.05) is 18.5 Å². The highest BCUT2D eigenvalue weighted by Gasteiger charge is 2.50. The van der Waals surface area contributed by atoms with Crippen LogP contribution in [0, 0.1) is 12.3 Å². The zero-order valence-corrected chi connectivity index (χ0v) is 16.7. The van der Waals surface area contributed by atoms with Gasteiger partial charge in [-0.1, -0.05) is 12.1 Å². The second-order valence-corrected chi connectivity index (χ2v) is 8.21. The van der Waals surface area contributed by atoms with Gasteiger partial charge < -0.3 is 19.8 Å². The molecule has 2 heterocycles. The van der Waals surface area contributed by atoms with Crippen LogP contribution in [0.25, 0.3) is 0 Å². The number of amides is 1. The molecule has 7 nitrogen and oxygen atoms in total. The molecule has 8 heteroatoms. The van der Waals surface area contributed by atoms with Gasteiger partial charge in [0.15, 0.2) is 0 Å². The van der Waals surface area contributed by atoms with Gasteiger partial charge in [0.1, 0.15) is 11.2 Å². The zero-order valence-electron chi connectivity index (χ0n) is 15.9. The molecule has 2 N–H and O–H groups in total. The molecule has 1 aliphatic heterocycles. The molecule has 0 bridgehead atoms. The lowest BCUT2D eigenvalue weighted by Crippen LogP contribution is -2.58. The van der Waals surface area contributed by atoms with Crippen molar-refractivity contribution in [3.05, 3.63) is 45.9 Å². The first-order chi connectivity index (χ1) is 13.3. The van der Waals surface area contributed by atoms with Crippen LogP contribution >= 0.6 is 11.3 Å². The fourth-order valence-corrected chi connectivity index (χ4v) is 4.27. The minimum atomic E-state index is -1.46. The molecule has 0 spiro atoms. The van der Waals surface area contributed by atoms with E-state index in [2.05, 4.69) is 4.98 Å². The van der Waals surface area contributed by atoms with Gasteiger partial charge in [-0.3, -0.25) is 9.59 Å². The SMILES string of the molecule is COc1cccc(C[C@@]2(C(=O)O)CN(C(=O)Cc3csc(C)n3)CC[C@@H]2O)c1. The van der Waals surface area contributed by atoms with E-state index in [0.29, 0.717) is 18.0 Å². The second kappa shape index (κ2) is 8.28. The summed E-state index contributed by atoms with van der Waals surface area (Å²) in [6.07, 6.45) is -0.574. The first-order valence-electron chi connectivity index (χ1n) is 9.07. The number of methoxy groups -OCH3 is 1. The highest BCUT2D eigenvalue weighted by molar-refractivity contribution is 7.09. The highest BCUT2D eigenvalue weighted by Crippen LogP contribution is 2.35. The number of hydrogen-bond acceptors (Lipinski definition) is 6. The summed E-state index contributed by atoms with van der Waals surface area (Å²) >= 11 is 1.48. The maximum atomic E-state index is 12.7. The van der Waals surface area contributed by atoms with E-state index in [1.165, 1.54) is 16.2 Å². The van der Waals surface area contributed by atoms with Crippen LogP contribution in [-0.4, -0.2) is 58.3 Å². The molecule has 2 atom stereocenters. The van der Waals surface area contributed by atoms with Gasteiger partial charge in [-0.2, -0.15) is 0 Å². The lowest BCUT2D eigenvalue weighted by molar-refractivity contribution is -0.165. The number of rotatable bonds is 6. The molecule has 150 valence electrons. The Morgan fingerprint density at radius 1 is 1.43 bits per heavy atom. The summed E-state index contributed by atoms with van der Waals surface area (Å²) in [5.74, 6) is -0.659. The van der Waals surface area contributed by atoms with Crippen LogP contribution < -0.4 is 4.74 Å². The maximum absolute atomic E-state index is 12.7. The van der Waals surface area contributed by atoms with Gasteiger partial charge in [-0.05, 0) is 37.5 Å². The van der Waals surface area contributed by atoms with Gasteiger partial charge in [-0.25, -0.2) is 4.98 Å². The standard InChI is InChI=1S/C20H24N2O5S/c1-13-21-15(11-28-13)9-18(24)22-7-6-17(23)20(12-22,19(25)26)10-14-4-3-5-16(8-14)27-2/h3-5,8,11,17,23H,6-7,9-10,12H2,1-2H3,(H,25,26)/t17-,20+/m0/s1. The number of carboxylic acids is 1. The summed E-state index contributed by atoms with van der Waals surface area (Å²) in [4.78, 5) is 30.8. The molecular formula is C20H24N2O5S. The predicted molar refractivity (Wildman–Crippen MR) is 105 cm³/mol. The van der Waals surface area contributed by atoms with Crippen molar-refractivity contribution < 1.29 is 24.5 Å². The third kappa shape index (κ3) is 4.18. The highest BCUT2D eigenvalue weighted by atomic mass is 32.1. The number of benzene rings is 1. The lowest BCUT2D eigenvalue weighted by atomic mass is 9.72. The summed E-state index contributed by atoms with van der Waals surface area (Å²) < 4.78 is 5.21. The number of ether oxygens (including phenoxy) is 1. The number of aliphatic carboxylic acids is 1. The van der Waals surface area contributed by atoms with E-state index in [9.17, 15) is 19.8 Å². The molecule has 1 saturated heterocycles. The number of hydrogen-bond donors (Lipinski definition) is 2. The largest absolute Gasteiger partial charge is 0.497 e. The number of carbonyl (C=O) groups is 2. The Hall–Kier alpha value is -2.45. The Morgan fingerprint density at radius 3 is 2.86 bits per heavy atom. The van der Waals surface area contributed by atoms with E-state index in [1.54, 1.807) is 31.4 Å². The van der Waals surface area contributed by atoms with E-state index >= 15 is 0 Å². The molecule has 0 radical (unpaired) electrons. The van der Waals surface area contributed by atoms with Crippen LogP contribution in [-0.2, 0) is 22.4 Å². The number of carbonyl (C=O) groups excluding carboxylic acids is 1. The van der Waals surface area contributed by atoms with E-state index < -0.39 is 17.5 Å². The third-order valence-electron chi connectivity index (χ3n) is 5.21. The first kappa shape index (κ1) is 20.3. The number of likely N-dealkylation sites (tertiary alicyclic amines) is 1. The molecule has 1 amide bonds. The summed E-state index contributed by atoms with van der Waals surface area (Å²) in [5.41, 5.74) is -0.0317. The van der Waals surface area contributed by atoms with E-state index in [4.69, 9.17) is 4.74 Å². The van der Waals surface area contributed by atoms with Crippen LogP contribution in [0.4, 0.5) is 0 Å². The molecule has 0 unspecified atom stereocenters. The normalized spacial score (nSPS) is 22.1. The van der Waals surface area contributed by atoms with Crippen molar-refractivity contribution in [1.29, 1.82) is 0 Å². The predicted octanol–water partition coefficient (Wildman–Crippen LogP) is 1.91. The lowest BCUT2D eigenvalue weighted by Gasteiger charge is -2.43. The van der Waals surface area contributed by atoms with Crippen molar-refractivity contribution in [1.82, 2.24) is 9.88 Å². The Balaban J connectivity index is 1.82. The number of aromatic nitrogens is 1. The molecule has 1 aliphatic rings. The van der Waals surface area contributed by atoms with Crippen molar-refractivity contribution in [2.75, 3.05) is 20.2 Å². The summed E-state index contributed by atoms with van der Waals surface area (Å²) in [6, 6.07) is 7.13. The van der Waals surface area contributed by atoms with Crippen molar-refractivity contribution in [2.24, 2.45) is 5.41 Å². The Morgan fingerprint density at radius 2 is 2.21 bits per heavy atom. The van der Waals surface area contributed by atoms with Gasteiger partial charge in [0.05, 0.1) is 30.3 Å². The second-order valence-electron chi connectivity index (χ2n) is 7.14. The molecule has 2 aromatic rings. The minimum Gasteiger partial charge on any atom is -0.497 e. The van der Waals surface area contributed by atoms with E-state index in [0.717, 1.165) is 10.6 Å². The van der Waals surface area contributed by atoms with Gasteiger partial charge in [0.25, 0.3) is 0 Å².